The number of nitrogens with one attached hydrogen (secondary N) is 1. The Bertz CT molecular complexity index is 469. The predicted octanol–water partition coefficient (Wildman–Crippen LogP) is 2.08. The van der Waals surface area contributed by atoms with Crippen LogP contribution >= 0.6 is 0 Å². The summed E-state index contributed by atoms with van der Waals surface area (Å²) in [4.78, 5) is 21.7. The first-order valence-corrected chi connectivity index (χ1v) is 5.87. The molecule has 0 unspecified atom stereocenters. The van der Waals surface area contributed by atoms with Crippen molar-refractivity contribution in [3.63, 3.8) is 0 Å². The molecule has 1 aromatic carbocycles. The van der Waals surface area contributed by atoms with Gasteiger partial charge in [0, 0.05) is 6.54 Å². The molecule has 0 spiro atoms. The topological polar surface area (TPSA) is 55.4 Å². The number of alkyl halides is 3. The fourth-order valence-corrected chi connectivity index (χ4v) is 1.52. The lowest BCUT2D eigenvalue weighted by atomic mass is 10.1. The van der Waals surface area contributed by atoms with Crippen LogP contribution in [0.4, 0.5) is 13.2 Å². The summed E-state index contributed by atoms with van der Waals surface area (Å²) in [6.45, 7) is -0.0584. The second-order valence-electron chi connectivity index (χ2n) is 4.05. The van der Waals surface area contributed by atoms with Crippen LogP contribution in [0.5, 0.6) is 0 Å². The van der Waals surface area contributed by atoms with Crippen LogP contribution in [0, 0.1) is 0 Å². The minimum absolute atomic E-state index is 0.0584. The molecule has 1 aromatic rings. The molecule has 0 fully saturated rings. The third kappa shape index (κ3) is 4.91. The van der Waals surface area contributed by atoms with Gasteiger partial charge in [-0.2, -0.15) is 13.2 Å². The molecule has 0 saturated heterocycles. The summed E-state index contributed by atoms with van der Waals surface area (Å²) in [6, 6.07) is 6.54. The first kappa shape index (κ1) is 16.0. The Hall–Kier alpha value is -2.05. The second kappa shape index (κ2) is 6.93. The van der Waals surface area contributed by atoms with Gasteiger partial charge in [0.25, 0.3) is 0 Å². The van der Waals surface area contributed by atoms with Crippen molar-refractivity contribution in [2.75, 3.05) is 13.7 Å². The maximum atomic E-state index is 11.9. The molecule has 0 aliphatic carbocycles. The van der Waals surface area contributed by atoms with Crippen molar-refractivity contribution in [2.24, 2.45) is 0 Å². The van der Waals surface area contributed by atoms with Gasteiger partial charge in [-0.15, -0.1) is 0 Å². The predicted molar refractivity (Wildman–Crippen MR) is 65.2 cm³/mol. The molecule has 7 heteroatoms. The number of ether oxygens (including phenoxy) is 1. The summed E-state index contributed by atoms with van der Waals surface area (Å²) in [5.41, 5.74) is 1.26. The Kier molecular flexibility index (Phi) is 5.54. The van der Waals surface area contributed by atoms with Crippen molar-refractivity contribution in [1.82, 2.24) is 5.32 Å². The number of hydrogen-bond acceptors (Lipinski definition) is 3. The SMILES string of the molecule is COC(=O)c1ccc(CCCNC(=O)C(F)(F)F)cc1. The number of carbonyl (C=O) groups is 2. The molecular weight excluding hydrogens is 275 g/mol. The Balaban J connectivity index is 2.36. The minimum atomic E-state index is -4.85. The van der Waals surface area contributed by atoms with Crippen LogP contribution in [0.2, 0.25) is 0 Å². The number of benzene rings is 1. The van der Waals surface area contributed by atoms with E-state index in [9.17, 15) is 22.8 Å². The van der Waals surface area contributed by atoms with Gasteiger partial charge in [-0.05, 0) is 30.5 Å². The fraction of sp³-hybridized carbons (Fsp3) is 0.385. The molecule has 0 aliphatic rings. The van der Waals surface area contributed by atoms with Crippen molar-refractivity contribution in [3.8, 4) is 0 Å². The van der Waals surface area contributed by atoms with Crippen LogP contribution in [0.15, 0.2) is 24.3 Å². The summed E-state index contributed by atoms with van der Waals surface area (Å²) < 4.78 is 40.2. The van der Waals surface area contributed by atoms with E-state index in [-0.39, 0.29) is 6.54 Å². The van der Waals surface area contributed by atoms with Crippen molar-refractivity contribution in [3.05, 3.63) is 35.4 Å². The Labute approximate surface area is 113 Å². The molecule has 0 atom stereocenters. The molecule has 0 aromatic heterocycles. The lowest BCUT2D eigenvalue weighted by Gasteiger charge is -2.07. The lowest BCUT2D eigenvalue weighted by molar-refractivity contribution is -0.173. The first-order chi connectivity index (χ1) is 9.34. The zero-order valence-electron chi connectivity index (χ0n) is 10.8. The maximum absolute atomic E-state index is 11.9. The molecular formula is C13H14F3NO3. The molecule has 0 heterocycles. The highest BCUT2D eigenvalue weighted by Gasteiger charge is 2.38. The zero-order chi connectivity index (χ0) is 15.2. The molecule has 1 amide bonds. The van der Waals surface area contributed by atoms with E-state index in [1.165, 1.54) is 7.11 Å². The van der Waals surface area contributed by atoms with Gasteiger partial charge < -0.3 is 10.1 Å². The Morgan fingerprint density at radius 1 is 1.20 bits per heavy atom. The van der Waals surface area contributed by atoms with Crippen LogP contribution < -0.4 is 5.32 Å². The zero-order valence-corrected chi connectivity index (χ0v) is 10.8. The highest BCUT2D eigenvalue weighted by atomic mass is 19.4. The number of esters is 1. The van der Waals surface area contributed by atoms with Gasteiger partial charge in [-0.25, -0.2) is 4.79 Å². The van der Waals surface area contributed by atoms with Crippen molar-refractivity contribution >= 4 is 11.9 Å². The molecule has 20 heavy (non-hydrogen) atoms. The second-order valence-corrected chi connectivity index (χ2v) is 4.05. The van der Waals surface area contributed by atoms with Crippen LogP contribution in [0.1, 0.15) is 22.3 Å². The molecule has 0 aliphatic heterocycles. The highest BCUT2D eigenvalue weighted by Crippen LogP contribution is 2.14. The summed E-state index contributed by atoms with van der Waals surface area (Å²) in [6.07, 6.45) is -3.97. The van der Waals surface area contributed by atoms with Gasteiger partial charge in [0.05, 0.1) is 12.7 Å². The number of carbonyl (C=O) groups excluding carboxylic acids is 2. The smallest absolute Gasteiger partial charge is 0.465 e. The normalized spacial score (nSPS) is 11.0. The van der Waals surface area contributed by atoms with Crippen molar-refractivity contribution in [2.45, 2.75) is 19.0 Å². The summed E-state index contributed by atoms with van der Waals surface area (Å²) in [7, 11) is 1.28. The Morgan fingerprint density at radius 2 is 1.80 bits per heavy atom. The summed E-state index contributed by atoms with van der Waals surface area (Å²) in [5.74, 6) is -2.38. The van der Waals surface area contributed by atoms with E-state index in [2.05, 4.69) is 4.74 Å². The lowest BCUT2D eigenvalue weighted by Crippen LogP contribution is -2.37. The minimum Gasteiger partial charge on any atom is -0.465 e. The largest absolute Gasteiger partial charge is 0.471 e. The van der Waals surface area contributed by atoms with E-state index in [4.69, 9.17) is 0 Å². The van der Waals surface area contributed by atoms with Gasteiger partial charge >= 0.3 is 18.1 Å². The van der Waals surface area contributed by atoms with E-state index in [1.54, 1.807) is 29.6 Å². The molecule has 110 valence electrons. The molecule has 1 N–H and O–H groups in total. The van der Waals surface area contributed by atoms with E-state index in [1.807, 2.05) is 0 Å². The molecule has 0 radical (unpaired) electrons. The number of rotatable bonds is 5. The third-order valence-electron chi connectivity index (χ3n) is 2.56. The monoisotopic (exact) mass is 289 g/mol. The van der Waals surface area contributed by atoms with E-state index >= 15 is 0 Å². The van der Waals surface area contributed by atoms with Gasteiger partial charge in [0.2, 0.25) is 0 Å². The number of halogens is 3. The number of hydrogen-bond donors (Lipinski definition) is 1. The quantitative estimate of drug-likeness (QED) is 0.667. The molecule has 0 saturated carbocycles. The van der Waals surface area contributed by atoms with Crippen LogP contribution in [0.25, 0.3) is 0 Å². The van der Waals surface area contributed by atoms with Gasteiger partial charge in [-0.3, -0.25) is 4.79 Å². The van der Waals surface area contributed by atoms with E-state index < -0.39 is 18.1 Å². The van der Waals surface area contributed by atoms with Crippen molar-refractivity contribution in [1.29, 1.82) is 0 Å². The Morgan fingerprint density at radius 3 is 2.30 bits per heavy atom. The average molecular weight is 289 g/mol. The standard InChI is InChI=1S/C13H14F3NO3/c1-20-11(18)10-6-4-9(5-7-10)3-2-8-17-12(19)13(14,15)16/h4-7H,2-3,8H2,1H3,(H,17,19). The molecule has 4 nitrogen and oxygen atoms in total. The summed E-state index contributed by atoms with van der Waals surface area (Å²) >= 11 is 0. The number of aryl methyl sites for hydroxylation is 1. The molecule has 0 bridgehead atoms. The highest BCUT2D eigenvalue weighted by molar-refractivity contribution is 5.89. The first-order valence-electron chi connectivity index (χ1n) is 5.87. The third-order valence-corrected chi connectivity index (χ3v) is 2.56. The average Bonchev–Trinajstić information content (AvgIpc) is 2.42. The van der Waals surface area contributed by atoms with E-state index in [0.29, 0.717) is 18.4 Å². The van der Waals surface area contributed by atoms with Crippen LogP contribution in [-0.4, -0.2) is 31.7 Å². The summed E-state index contributed by atoms with van der Waals surface area (Å²) in [5, 5.41) is 1.79. The maximum Gasteiger partial charge on any atom is 0.471 e. The fourth-order valence-electron chi connectivity index (χ4n) is 1.52. The molecule has 1 rings (SSSR count). The van der Waals surface area contributed by atoms with Gasteiger partial charge in [0.15, 0.2) is 0 Å². The van der Waals surface area contributed by atoms with Crippen molar-refractivity contribution < 1.29 is 27.5 Å². The van der Waals surface area contributed by atoms with Crippen LogP contribution in [0.3, 0.4) is 0 Å². The number of methoxy groups -OCH3 is 1. The van der Waals surface area contributed by atoms with Crippen LogP contribution in [-0.2, 0) is 16.0 Å². The van der Waals surface area contributed by atoms with Gasteiger partial charge in [0.1, 0.15) is 0 Å². The number of amides is 1. The van der Waals surface area contributed by atoms with E-state index in [0.717, 1.165) is 5.56 Å². The van der Waals surface area contributed by atoms with Gasteiger partial charge in [-0.1, -0.05) is 12.1 Å².